The Labute approximate surface area is 125 Å². The number of anilines is 1. The minimum Gasteiger partial charge on any atom is -0.495 e. The molecular formula is C14H22N2O4S. The van der Waals surface area contributed by atoms with Crippen molar-refractivity contribution in [3.8, 4) is 5.75 Å². The van der Waals surface area contributed by atoms with Crippen LogP contribution in [-0.4, -0.2) is 32.8 Å². The van der Waals surface area contributed by atoms with Gasteiger partial charge >= 0.3 is 0 Å². The summed E-state index contributed by atoms with van der Waals surface area (Å²) in [7, 11) is -2.29. The summed E-state index contributed by atoms with van der Waals surface area (Å²) in [5, 5.41) is 9.63. The van der Waals surface area contributed by atoms with Crippen molar-refractivity contribution in [3.63, 3.8) is 0 Å². The van der Waals surface area contributed by atoms with Gasteiger partial charge in [-0.2, -0.15) is 0 Å². The number of nitrogens with one attached hydrogen (secondary N) is 1. The van der Waals surface area contributed by atoms with Crippen molar-refractivity contribution < 1.29 is 18.3 Å². The molecule has 6 nitrogen and oxygen atoms in total. The molecule has 1 saturated carbocycles. The molecule has 118 valence electrons. The Hall–Kier alpha value is -1.31. The molecule has 0 aromatic heterocycles. The molecule has 0 spiro atoms. The fourth-order valence-electron chi connectivity index (χ4n) is 2.72. The monoisotopic (exact) mass is 314 g/mol. The van der Waals surface area contributed by atoms with Crippen LogP contribution in [0.5, 0.6) is 5.75 Å². The SMILES string of the molecule is COc1cc(S(=O)(=O)NC2(CO)CCCCC2)ccc1N. The van der Waals surface area contributed by atoms with Crippen LogP contribution in [0.3, 0.4) is 0 Å². The normalized spacial score (nSPS) is 18.4. The molecule has 1 aliphatic rings. The molecule has 1 aliphatic carbocycles. The first kappa shape index (κ1) is 16.1. The molecule has 0 amide bonds. The zero-order valence-electron chi connectivity index (χ0n) is 12.1. The molecule has 0 unspecified atom stereocenters. The van der Waals surface area contributed by atoms with Gasteiger partial charge in [-0.05, 0) is 25.0 Å². The second kappa shape index (κ2) is 6.21. The zero-order valence-corrected chi connectivity index (χ0v) is 12.9. The average Bonchev–Trinajstić information content (AvgIpc) is 2.48. The van der Waals surface area contributed by atoms with Crippen LogP contribution in [0.1, 0.15) is 32.1 Å². The van der Waals surface area contributed by atoms with Crippen molar-refractivity contribution in [3.05, 3.63) is 18.2 Å². The van der Waals surface area contributed by atoms with Gasteiger partial charge in [-0.25, -0.2) is 13.1 Å². The van der Waals surface area contributed by atoms with E-state index in [4.69, 9.17) is 10.5 Å². The van der Waals surface area contributed by atoms with Crippen LogP contribution in [0.4, 0.5) is 5.69 Å². The third-order valence-electron chi connectivity index (χ3n) is 3.98. The van der Waals surface area contributed by atoms with Crippen molar-refractivity contribution in [1.29, 1.82) is 0 Å². The van der Waals surface area contributed by atoms with E-state index < -0.39 is 15.6 Å². The summed E-state index contributed by atoms with van der Waals surface area (Å²) in [6, 6.07) is 4.33. The standard InChI is InChI=1S/C14H22N2O4S/c1-20-13-9-11(5-6-12(13)15)21(18,19)16-14(10-17)7-3-2-4-8-14/h5-6,9,16-17H,2-4,7-8,10,15H2,1H3. The molecule has 0 bridgehead atoms. The molecule has 0 aliphatic heterocycles. The summed E-state index contributed by atoms with van der Waals surface area (Å²) in [6.45, 7) is -0.196. The van der Waals surface area contributed by atoms with E-state index in [9.17, 15) is 13.5 Å². The smallest absolute Gasteiger partial charge is 0.241 e. The second-order valence-electron chi connectivity index (χ2n) is 5.51. The van der Waals surface area contributed by atoms with Gasteiger partial charge in [-0.15, -0.1) is 0 Å². The van der Waals surface area contributed by atoms with Crippen LogP contribution in [0.15, 0.2) is 23.1 Å². The Morgan fingerprint density at radius 1 is 1.33 bits per heavy atom. The Kier molecular flexibility index (Phi) is 4.75. The van der Waals surface area contributed by atoms with E-state index >= 15 is 0 Å². The maximum absolute atomic E-state index is 12.5. The number of hydrogen-bond acceptors (Lipinski definition) is 5. The van der Waals surface area contributed by atoms with Crippen molar-refractivity contribution in [2.24, 2.45) is 0 Å². The Bertz CT molecular complexity index is 595. The molecule has 1 aromatic carbocycles. The lowest BCUT2D eigenvalue weighted by atomic mass is 9.83. The van der Waals surface area contributed by atoms with Gasteiger partial charge in [0.05, 0.1) is 29.8 Å². The van der Waals surface area contributed by atoms with Gasteiger partial charge in [0.15, 0.2) is 0 Å². The minimum absolute atomic E-state index is 0.0898. The third-order valence-corrected chi connectivity index (χ3v) is 5.56. The number of hydrogen-bond donors (Lipinski definition) is 3. The first-order valence-corrected chi connectivity index (χ1v) is 8.49. The lowest BCUT2D eigenvalue weighted by Gasteiger charge is -2.36. The number of benzene rings is 1. The molecule has 0 atom stereocenters. The third kappa shape index (κ3) is 3.48. The van der Waals surface area contributed by atoms with Gasteiger partial charge in [0.1, 0.15) is 5.75 Å². The van der Waals surface area contributed by atoms with Crippen LogP contribution >= 0.6 is 0 Å². The number of aliphatic hydroxyl groups is 1. The number of rotatable bonds is 5. The Morgan fingerprint density at radius 2 is 2.00 bits per heavy atom. The fourth-order valence-corrected chi connectivity index (χ4v) is 4.19. The first-order chi connectivity index (χ1) is 9.92. The Morgan fingerprint density at radius 3 is 2.57 bits per heavy atom. The zero-order chi connectivity index (χ0) is 15.5. The van der Waals surface area contributed by atoms with E-state index in [0.717, 1.165) is 19.3 Å². The highest BCUT2D eigenvalue weighted by molar-refractivity contribution is 7.89. The van der Waals surface area contributed by atoms with E-state index in [0.29, 0.717) is 24.3 Å². The minimum atomic E-state index is -3.73. The first-order valence-electron chi connectivity index (χ1n) is 7.01. The molecule has 1 fully saturated rings. The summed E-state index contributed by atoms with van der Waals surface area (Å²) in [4.78, 5) is 0.0898. The van der Waals surface area contributed by atoms with E-state index in [1.54, 1.807) is 0 Å². The van der Waals surface area contributed by atoms with Gasteiger partial charge < -0.3 is 15.6 Å². The lowest BCUT2D eigenvalue weighted by Crippen LogP contribution is -2.52. The number of nitrogens with two attached hydrogens (primary N) is 1. The topological polar surface area (TPSA) is 102 Å². The Balaban J connectivity index is 2.29. The van der Waals surface area contributed by atoms with E-state index in [1.807, 2.05) is 0 Å². The maximum Gasteiger partial charge on any atom is 0.241 e. The predicted octanol–water partition coefficient (Wildman–Crippen LogP) is 1.25. The van der Waals surface area contributed by atoms with Crippen LogP contribution in [0.25, 0.3) is 0 Å². The number of ether oxygens (including phenoxy) is 1. The summed E-state index contributed by atoms with van der Waals surface area (Å²) in [5.74, 6) is 0.319. The summed E-state index contributed by atoms with van der Waals surface area (Å²) in [6.07, 6.45) is 4.19. The molecule has 7 heteroatoms. The quantitative estimate of drug-likeness (QED) is 0.710. The molecule has 2 rings (SSSR count). The van der Waals surface area contributed by atoms with Crippen molar-refractivity contribution >= 4 is 15.7 Å². The fraction of sp³-hybridized carbons (Fsp3) is 0.571. The number of sulfonamides is 1. The predicted molar refractivity (Wildman–Crippen MR) is 80.6 cm³/mol. The number of aliphatic hydroxyl groups excluding tert-OH is 1. The van der Waals surface area contributed by atoms with E-state index in [-0.39, 0.29) is 11.5 Å². The van der Waals surface area contributed by atoms with Gasteiger partial charge in [-0.3, -0.25) is 0 Å². The van der Waals surface area contributed by atoms with Crippen molar-refractivity contribution in [2.75, 3.05) is 19.5 Å². The van der Waals surface area contributed by atoms with Crippen molar-refractivity contribution in [1.82, 2.24) is 4.72 Å². The van der Waals surface area contributed by atoms with Crippen LogP contribution < -0.4 is 15.2 Å². The van der Waals surface area contributed by atoms with Gasteiger partial charge in [0, 0.05) is 6.07 Å². The molecule has 0 saturated heterocycles. The van der Waals surface area contributed by atoms with Gasteiger partial charge in [-0.1, -0.05) is 19.3 Å². The van der Waals surface area contributed by atoms with Crippen LogP contribution in [0.2, 0.25) is 0 Å². The lowest BCUT2D eigenvalue weighted by molar-refractivity contribution is 0.142. The second-order valence-corrected chi connectivity index (χ2v) is 7.19. The number of methoxy groups -OCH3 is 1. The van der Waals surface area contributed by atoms with E-state index in [2.05, 4.69) is 4.72 Å². The average molecular weight is 314 g/mol. The van der Waals surface area contributed by atoms with Crippen molar-refractivity contribution in [2.45, 2.75) is 42.5 Å². The van der Waals surface area contributed by atoms with Crippen LogP contribution in [0, 0.1) is 0 Å². The van der Waals surface area contributed by atoms with Gasteiger partial charge in [0.2, 0.25) is 10.0 Å². The highest BCUT2D eigenvalue weighted by Crippen LogP contribution is 2.31. The summed E-state index contributed by atoms with van der Waals surface area (Å²) >= 11 is 0. The molecule has 1 aromatic rings. The highest BCUT2D eigenvalue weighted by atomic mass is 32.2. The number of nitrogen functional groups attached to an aromatic ring is 1. The maximum atomic E-state index is 12.5. The largest absolute Gasteiger partial charge is 0.495 e. The molecule has 21 heavy (non-hydrogen) atoms. The molecule has 0 heterocycles. The molecular weight excluding hydrogens is 292 g/mol. The molecule has 0 radical (unpaired) electrons. The highest BCUT2D eigenvalue weighted by Gasteiger charge is 2.36. The molecule has 4 N–H and O–H groups in total. The summed E-state index contributed by atoms with van der Waals surface area (Å²) < 4.78 is 32.8. The van der Waals surface area contributed by atoms with Gasteiger partial charge in [0.25, 0.3) is 0 Å². The van der Waals surface area contributed by atoms with E-state index in [1.165, 1.54) is 25.3 Å². The van der Waals surface area contributed by atoms with Crippen LogP contribution in [-0.2, 0) is 10.0 Å². The summed E-state index contributed by atoms with van der Waals surface area (Å²) in [5.41, 5.74) is 5.32.